The van der Waals surface area contributed by atoms with Gasteiger partial charge in [-0.3, -0.25) is 9.59 Å². The van der Waals surface area contributed by atoms with Crippen LogP contribution >= 0.6 is 0 Å². The summed E-state index contributed by atoms with van der Waals surface area (Å²) in [6.07, 6.45) is 1.65. The van der Waals surface area contributed by atoms with Crippen LogP contribution in [0.3, 0.4) is 0 Å². The first-order chi connectivity index (χ1) is 14.4. The molecule has 1 aliphatic heterocycles. The molecule has 0 aliphatic carbocycles. The molecule has 0 bridgehead atoms. The number of benzene rings is 2. The Morgan fingerprint density at radius 3 is 2.47 bits per heavy atom. The Hall–Kier alpha value is -3.28. The minimum absolute atomic E-state index is 0.0777. The number of aliphatic hydroxyl groups excluding tert-OH is 1. The van der Waals surface area contributed by atoms with Crippen molar-refractivity contribution in [3.63, 3.8) is 0 Å². The summed E-state index contributed by atoms with van der Waals surface area (Å²) >= 11 is 0. The third-order valence-electron chi connectivity index (χ3n) is 5.44. The number of aryl methyl sites for hydroxylation is 1. The van der Waals surface area contributed by atoms with Crippen LogP contribution in [0.4, 0.5) is 0 Å². The van der Waals surface area contributed by atoms with Crippen LogP contribution in [0.5, 0.6) is 11.5 Å². The van der Waals surface area contributed by atoms with Gasteiger partial charge in [0.15, 0.2) is 0 Å². The van der Waals surface area contributed by atoms with E-state index in [-0.39, 0.29) is 11.3 Å². The van der Waals surface area contributed by atoms with Crippen LogP contribution in [-0.4, -0.2) is 42.5 Å². The summed E-state index contributed by atoms with van der Waals surface area (Å²) in [5, 5.41) is 11.2. The number of carbonyl (C=O) groups excluding carboxylic acids is 2. The quantitative estimate of drug-likeness (QED) is 0.421. The lowest BCUT2D eigenvalue weighted by molar-refractivity contribution is -0.139. The van der Waals surface area contributed by atoms with E-state index in [9.17, 15) is 14.7 Å². The van der Waals surface area contributed by atoms with Gasteiger partial charge >= 0.3 is 0 Å². The maximum Gasteiger partial charge on any atom is 0.295 e. The lowest BCUT2D eigenvalue weighted by Gasteiger charge is -2.26. The van der Waals surface area contributed by atoms with E-state index >= 15 is 0 Å². The molecule has 1 saturated heterocycles. The predicted molar refractivity (Wildman–Crippen MR) is 115 cm³/mol. The van der Waals surface area contributed by atoms with E-state index in [1.807, 2.05) is 38.1 Å². The number of Topliss-reactive ketones (excluding diaryl/α,β-unsaturated/α-hetero) is 1. The molecule has 2 aromatic carbocycles. The molecular weight excluding hydrogens is 382 g/mol. The SMILES string of the molecule is CCCCN1C(=O)C(=O)/C(=C(/O)c2ccc(OC)cc2OC)C1c1ccccc1C. The number of carbonyl (C=O) groups is 2. The molecule has 0 spiro atoms. The predicted octanol–water partition coefficient (Wildman–Crippen LogP) is 4.23. The second kappa shape index (κ2) is 9.03. The van der Waals surface area contributed by atoms with Crippen LogP contribution in [0, 0.1) is 6.92 Å². The highest BCUT2D eigenvalue weighted by molar-refractivity contribution is 6.46. The average Bonchev–Trinajstić information content (AvgIpc) is 3.01. The Bertz CT molecular complexity index is 995. The van der Waals surface area contributed by atoms with Crippen LogP contribution < -0.4 is 9.47 Å². The molecule has 1 aliphatic rings. The third kappa shape index (κ3) is 3.77. The summed E-state index contributed by atoms with van der Waals surface area (Å²) in [5.41, 5.74) is 2.18. The van der Waals surface area contributed by atoms with E-state index in [4.69, 9.17) is 9.47 Å². The minimum atomic E-state index is -0.685. The number of nitrogens with zero attached hydrogens (tertiary/aromatic N) is 1. The molecule has 1 atom stereocenters. The second-order valence-electron chi connectivity index (χ2n) is 7.27. The first-order valence-corrected chi connectivity index (χ1v) is 10.0. The number of amides is 1. The van der Waals surface area contributed by atoms with Gasteiger partial charge in [0.05, 0.1) is 31.4 Å². The van der Waals surface area contributed by atoms with Crippen LogP contribution in [0.15, 0.2) is 48.0 Å². The number of aliphatic hydroxyl groups is 1. The Morgan fingerprint density at radius 2 is 1.83 bits per heavy atom. The van der Waals surface area contributed by atoms with Crippen molar-refractivity contribution in [3.05, 3.63) is 64.7 Å². The fourth-order valence-corrected chi connectivity index (χ4v) is 3.80. The molecule has 158 valence electrons. The zero-order valence-electron chi connectivity index (χ0n) is 17.8. The van der Waals surface area contributed by atoms with Crippen molar-refractivity contribution in [2.24, 2.45) is 0 Å². The Morgan fingerprint density at radius 1 is 1.10 bits per heavy atom. The maximum atomic E-state index is 13.0. The third-order valence-corrected chi connectivity index (χ3v) is 5.44. The van der Waals surface area contributed by atoms with Gasteiger partial charge < -0.3 is 19.5 Å². The maximum absolute atomic E-state index is 13.0. The molecule has 30 heavy (non-hydrogen) atoms. The standard InChI is InChI=1S/C24H27NO5/c1-5-6-13-25-21(17-10-8-7-9-15(17)2)20(23(27)24(25)28)22(26)18-12-11-16(29-3)14-19(18)30-4/h7-12,14,21,26H,5-6,13H2,1-4H3/b22-20+. The van der Waals surface area contributed by atoms with Crippen LogP contribution in [0.2, 0.25) is 0 Å². The van der Waals surface area contributed by atoms with Gasteiger partial charge in [-0.25, -0.2) is 0 Å². The molecule has 1 unspecified atom stereocenters. The normalized spacial score (nSPS) is 18.0. The number of unbranched alkanes of at least 4 members (excludes halogenated alkanes) is 1. The molecule has 2 aromatic rings. The van der Waals surface area contributed by atoms with Crippen molar-refractivity contribution in [3.8, 4) is 11.5 Å². The Labute approximate surface area is 176 Å². The summed E-state index contributed by atoms with van der Waals surface area (Å²) < 4.78 is 10.6. The molecule has 1 fully saturated rings. The monoisotopic (exact) mass is 409 g/mol. The van der Waals surface area contributed by atoms with Gasteiger partial charge in [-0.1, -0.05) is 37.6 Å². The van der Waals surface area contributed by atoms with Gasteiger partial charge in [0, 0.05) is 12.6 Å². The fourth-order valence-electron chi connectivity index (χ4n) is 3.80. The lowest BCUT2D eigenvalue weighted by atomic mass is 9.92. The van der Waals surface area contributed by atoms with Crippen molar-refractivity contribution in [1.82, 2.24) is 4.90 Å². The van der Waals surface area contributed by atoms with E-state index in [0.717, 1.165) is 24.0 Å². The molecule has 6 nitrogen and oxygen atoms in total. The highest BCUT2D eigenvalue weighted by Gasteiger charge is 2.46. The molecule has 0 saturated carbocycles. The molecular formula is C24H27NO5. The van der Waals surface area contributed by atoms with Crippen molar-refractivity contribution >= 4 is 17.4 Å². The largest absolute Gasteiger partial charge is 0.507 e. The number of hydrogen-bond acceptors (Lipinski definition) is 5. The minimum Gasteiger partial charge on any atom is -0.507 e. The molecule has 6 heteroatoms. The number of ketones is 1. The summed E-state index contributed by atoms with van der Waals surface area (Å²) in [7, 11) is 3.01. The Kier molecular flexibility index (Phi) is 6.45. The second-order valence-corrected chi connectivity index (χ2v) is 7.27. The van der Waals surface area contributed by atoms with E-state index in [2.05, 4.69) is 0 Å². The van der Waals surface area contributed by atoms with E-state index in [0.29, 0.717) is 23.6 Å². The molecule has 1 amide bonds. The number of methoxy groups -OCH3 is 2. The average molecular weight is 409 g/mol. The summed E-state index contributed by atoms with van der Waals surface area (Å²) in [5.74, 6) is -0.613. The smallest absolute Gasteiger partial charge is 0.295 e. The van der Waals surface area contributed by atoms with Crippen LogP contribution in [0.1, 0.15) is 42.5 Å². The van der Waals surface area contributed by atoms with Crippen LogP contribution in [-0.2, 0) is 9.59 Å². The molecule has 0 aromatic heterocycles. The van der Waals surface area contributed by atoms with Crippen molar-refractivity contribution in [1.29, 1.82) is 0 Å². The molecule has 3 rings (SSSR count). The van der Waals surface area contributed by atoms with Gasteiger partial charge in [0.1, 0.15) is 17.3 Å². The van der Waals surface area contributed by atoms with E-state index in [1.165, 1.54) is 14.2 Å². The molecule has 1 heterocycles. The first kappa shape index (κ1) is 21.4. The number of hydrogen-bond donors (Lipinski definition) is 1. The van der Waals surface area contributed by atoms with Crippen LogP contribution in [0.25, 0.3) is 5.76 Å². The zero-order chi connectivity index (χ0) is 21.8. The summed E-state index contributed by atoms with van der Waals surface area (Å²) in [6, 6.07) is 11.9. The fraction of sp³-hybridized carbons (Fsp3) is 0.333. The topological polar surface area (TPSA) is 76.1 Å². The molecule has 0 radical (unpaired) electrons. The van der Waals surface area contributed by atoms with Crippen molar-refractivity contribution < 1.29 is 24.2 Å². The van der Waals surface area contributed by atoms with Gasteiger partial charge in [-0.2, -0.15) is 0 Å². The summed E-state index contributed by atoms with van der Waals surface area (Å²) in [4.78, 5) is 27.5. The lowest BCUT2D eigenvalue weighted by Crippen LogP contribution is -2.30. The Balaban J connectivity index is 2.23. The number of ether oxygens (including phenoxy) is 2. The van der Waals surface area contributed by atoms with E-state index < -0.39 is 17.7 Å². The van der Waals surface area contributed by atoms with Crippen molar-refractivity contribution in [2.45, 2.75) is 32.7 Å². The number of likely N-dealkylation sites (tertiary alicyclic amines) is 1. The van der Waals surface area contributed by atoms with Gasteiger partial charge in [0.2, 0.25) is 0 Å². The van der Waals surface area contributed by atoms with Gasteiger partial charge in [-0.05, 0) is 36.6 Å². The highest BCUT2D eigenvalue weighted by Crippen LogP contribution is 2.42. The molecule has 1 N–H and O–H groups in total. The zero-order valence-corrected chi connectivity index (χ0v) is 17.8. The van der Waals surface area contributed by atoms with Gasteiger partial charge in [-0.15, -0.1) is 0 Å². The summed E-state index contributed by atoms with van der Waals surface area (Å²) in [6.45, 7) is 4.40. The van der Waals surface area contributed by atoms with Gasteiger partial charge in [0.25, 0.3) is 11.7 Å². The van der Waals surface area contributed by atoms with E-state index in [1.54, 1.807) is 23.1 Å². The number of rotatable bonds is 7. The first-order valence-electron chi connectivity index (χ1n) is 10.0. The van der Waals surface area contributed by atoms with Crippen molar-refractivity contribution in [2.75, 3.05) is 20.8 Å². The highest BCUT2D eigenvalue weighted by atomic mass is 16.5.